The number of rotatable bonds is 3. The summed E-state index contributed by atoms with van der Waals surface area (Å²) in [7, 11) is 1.77. The number of nitrogens with one attached hydrogen (secondary N) is 1. The Morgan fingerprint density at radius 2 is 2.25 bits per heavy atom. The molecule has 0 unspecified atom stereocenters. The summed E-state index contributed by atoms with van der Waals surface area (Å²) in [6.07, 6.45) is 2.46. The normalized spacial score (nSPS) is 9.50. The minimum atomic E-state index is -0.210. The van der Waals surface area contributed by atoms with Crippen molar-refractivity contribution in [3.8, 4) is 0 Å². The van der Waals surface area contributed by atoms with Gasteiger partial charge in [0.05, 0.1) is 0 Å². The highest BCUT2D eigenvalue weighted by atomic mass is 19.1. The van der Waals surface area contributed by atoms with Crippen LogP contribution in [0.15, 0.2) is 30.9 Å². The molecule has 2 heteroatoms. The van der Waals surface area contributed by atoms with Crippen molar-refractivity contribution in [1.82, 2.24) is 0 Å². The van der Waals surface area contributed by atoms with Gasteiger partial charge in [0, 0.05) is 12.7 Å². The largest absolute Gasteiger partial charge is 0.388 e. The highest BCUT2D eigenvalue weighted by Gasteiger charge is 1.97. The van der Waals surface area contributed by atoms with Gasteiger partial charge in [-0.05, 0) is 30.2 Å². The zero-order valence-electron chi connectivity index (χ0n) is 7.10. The number of benzene rings is 1. The molecule has 1 N–H and O–H groups in total. The Labute approximate surface area is 71.9 Å². The maximum Gasteiger partial charge on any atom is 0.125 e. The number of allylic oxidation sites excluding steroid dienone is 1. The first-order chi connectivity index (χ1) is 5.76. The van der Waals surface area contributed by atoms with Crippen molar-refractivity contribution < 1.29 is 4.39 Å². The molecule has 0 aliphatic heterocycles. The van der Waals surface area contributed by atoms with Crippen molar-refractivity contribution in [3.05, 3.63) is 42.2 Å². The summed E-state index contributed by atoms with van der Waals surface area (Å²) in [6.45, 7) is 3.60. The van der Waals surface area contributed by atoms with E-state index in [1.54, 1.807) is 13.1 Å². The van der Waals surface area contributed by atoms with Gasteiger partial charge in [-0.15, -0.1) is 6.58 Å². The summed E-state index contributed by atoms with van der Waals surface area (Å²) in [4.78, 5) is 0. The standard InChI is InChI=1S/C10H12FN/c1-3-4-8-5-9(11)7-10(6-8)12-2/h3,5-7,12H,1,4H2,2H3. The molecule has 0 amide bonds. The predicted molar refractivity (Wildman–Crippen MR) is 49.8 cm³/mol. The molecule has 1 aromatic rings. The third-order valence-electron chi connectivity index (χ3n) is 1.63. The van der Waals surface area contributed by atoms with Crippen molar-refractivity contribution in [2.45, 2.75) is 6.42 Å². The molecule has 0 radical (unpaired) electrons. The van der Waals surface area contributed by atoms with Crippen molar-refractivity contribution in [1.29, 1.82) is 0 Å². The van der Waals surface area contributed by atoms with Crippen LogP contribution in [0.25, 0.3) is 0 Å². The maximum absolute atomic E-state index is 12.9. The fraction of sp³-hybridized carbons (Fsp3) is 0.200. The Bertz CT molecular complexity index is 281. The van der Waals surface area contributed by atoms with Crippen LogP contribution in [0, 0.1) is 5.82 Å². The van der Waals surface area contributed by atoms with Gasteiger partial charge in [-0.2, -0.15) is 0 Å². The number of anilines is 1. The molecule has 64 valence electrons. The highest BCUT2D eigenvalue weighted by Crippen LogP contribution is 2.13. The Morgan fingerprint density at radius 3 is 2.83 bits per heavy atom. The van der Waals surface area contributed by atoms with Crippen LogP contribution in [0.4, 0.5) is 10.1 Å². The maximum atomic E-state index is 12.9. The SMILES string of the molecule is C=CCc1cc(F)cc(NC)c1. The monoisotopic (exact) mass is 165 g/mol. The van der Waals surface area contributed by atoms with E-state index < -0.39 is 0 Å². The molecule has 0 aliphatic carbocycles. The van der Waals surface area contributed by atoms with E-state index in [4.69, 9.17) is 0 Å². The van der Waals surface area contributed by atoms with Crippen molar-refractivity contribution >= 4 is 5.69 Å². The van der Waals surface area contributed by atoms with Gasteiger partial charge in [-0.25, -0.2) is 4.39 Å². The van der Waals surface area contributed by atoms with Crippen LogP contribution in [0.1, 0.15) is 5.56 Å². The van der Waals surface area contributed by atoms with Crippen LogP contribution in [0.3, 0.4) is 0 Å². The van der Waals surface area contributed by atoms with Gasteiger partial charge in [0.15, 0.2) is 0 Å². The first-order valence-electron chi connectivity index (χ1n) is 3.84. The molecule has 0 saturated heterocycles. The molecule has 0 bridgehead atoms. The highest BCUT2D eigenvalue weighted by molar-refractivity contribution is 5.46. The molecule has 0 spiro atoms. The Hall–Kier alpha value is -1.31. The lowest BCUT2D eigenvalue weighted by Gasteiger charge is -2.02. The Balaban J connectivity index is 2.97. The fourth-order valence-corrected chi connectivity index (χ4v) is 1.08. The summed E-state index contributed by atoms with van der Waals surface area (Å²) in [5.74, 6) is -0.210. The second-order valence-electron chi connectivity index (χ2n) is 2.59. The first kappa shape index (κ1) is 8.78. The lowest BCUT2D eigenvalue weighted by Crippen LogP contribution is -1.91. The average molecular weight is 165 g/mol. The van der Waals surface area contributed by atoms with Crippen LogP contribution in [0.5, 0.6) is 0 Å². The second-order valence-corrected chi connectivity index (χ2v) is 2.59. The van der Waals surface area contributed by atoms with Gasteiger partial charge < -0.3 is 5.32 Å². The minimum Gasteiger partial charge on any atom is -0.388 e. The van der Waals surface area contributed by atoms with Crippen molar-refractivity contribution in [2.75, 3.05) is 12.4 Å². The molecule has 1 rings (SSSR count). The van der Waals surface area contributed by atoms with E-state index in [-0.39, 0.29) is 5.82 Å². The second kappa shape index (κ2) is 3.90. The zero-order chi connectivity index (χ0) is 8.97. The lowest BCUT2D eigenvalue weighted by molar-refractivity contribution is 0.626. The van der Waals surface area contributed by atoms with Crippen LogP contribution in [-0.2, 0) is 6.42 Å². The molecule has 0 fully saturated rings. The van der Waals surface area contributed by atoms with Gasteiger partial charge in [-0.1, -0.05) is 6.08 Å². The number of halogens is 1. The molecule has 0 saturated carbocycles. The summed E-state index contributed by atoms with van der Waals surface area (Å²) in [6, 6.07) is 4.89. The van der Waals surface area contributed by atoms with E-state index in [2.05, 4.69) is 11.9 Å². The summed E-state index contributed by atoms with van der Waals surface area (Å²) >= 11 is 0. The van der Waals surface area contributed by atoms with Gasteiger partial charge in [-0.3, -0.25) is 0 Å². The molecule has 0 aromatic heterocycles. The molecule has 1 nitrogen and oxygen atoms in total. The van der Waals surface area contributed by atoms with E-state index in [1.165, 1.54) is 12.1 Å². The van der Waals surface area contributed by atoms with Crippen LogP contribution < -0.4 is 5.32 Å². The molecular formula is C10H12FN. The van der Waals surface area contributed by atoms with Crippen molar-refractivity contribution in [2.24, 2.45) is 0 Å². The van der Waals surface area contributed by atoms with E-state index in [0.29, 0.717) is 6.42 Å². The average Bonchev–Trinajstić information content (AvgIpc) is 2.04. The molecule has 0 atom stereocenters. The number of hydrogen-bond donors (Lipinski definition) is 1. The third kappa shape index (κ3) is 2.09. The molecule has 1 aromatic carbocycles. The number of hydrogen-bond acceptors (Lipinski definition) is 1. The quantitative estimate of drug-likeness (QED) is 0.679. The molecule has 0 heterocycles. The van der Waals surface area contributed by atoms with E-state index in [1.807, 2.05) is 6.07 Å². The van der Waals surface area contributed by atoms with Crippen LogP contribution in [0.2, 0.25) is 0 Å². The van der Waals surface area contributed by atoms with Gasteiger partial charge in [0.1, 0.15) is 5.82 Å². The Morgan fingerprint density at radius 1 is 1.50 bits per heavy atom. The predicted octanol–water partition coefficient (Wildman–Crippen LogP) is 2.60. The van der Waals surface area contributed by atoms with Crippen LogP contribution >= 0.6 is 0 Å². The topological polar surface area (TPSA) is 12.0 Å². The minimum absolute atomic E-state index is 0.210. The summed E-state index contributed by atoms with van der Waals surface area (Å²) in [5.41, 5.74) is 1.74. The lowest BCUT2D eigenvalue weighted by atomic mass is 10.1. The summed E-state index contributed by atoms with van der Waals surface area (Å²) < 4.78 is 12.9. The molecule has 12 heavy (non-hydrogen) atoms. The van der Waals surface area contributed by atoms with Gasteiger partial charge in [0.25, 0.3) is 0 Å². The Kier molecular flexibility index (Phi) is 2.86. The first-order valence-corrected chi connectivity index (χ1v) is 3.84. The molecule has 0 aliphatic rings. The van der Waals surface area contributed by atoms with E-state index >= 15 is 0 Å². The van der Waals surface area contributed by atoms with Crippen molar-refractivity contribution in [3.63, 3.8) is 0 Å². The zero-order valence-corrected chi connectivity index (χ0v) is 7.10. The van der Waals surface area contributed by atoms with Gasteiger partial charge >= 0.3 is 0 Å². The smallest absolute Gasteiger partial charge is 0.125 e. The van der Waals surface area contributed by atoms with E-state index in [0.717, 1.165) is 11.3 Å². The molecular weight excluding hydrogens is 153 g/mol. The van der Waals surface area contributed by atoms with Gasteiger partial charge in [0.2, 0.25) is 0 Å². The van der Waals surface area contributed by atoms with E-state index in [9.17, 15) is 4.39 Å². The third-order valence-corrected chi connectivity index (χ3v) is 1.63. The van der Waals surface area contributed by atoms with Crippen LogP contribution in [-0.4, -0.2) is 7.05 Å². The summed E-state index contributed by atoms with van der Waals surface area (Å²) in [5, 5.41) is 2.89. The fourth-order valence-electron chi connectivity index (χ4n) is 1.08.